The van der Waals surface area contributed by atoms with Crippen molar-refractivity contribution in [3.05, 3.63) is 133 Å². The maximum absolute atomic E-state index is 5.14. The third-order valence-corrected chi connectivity index (χ3v) is 8.46. The Labute approximate surface area is 234 Å². The lowest BCUT2D eigenvalue weighted by Crippen LogP contribution is -2.06. The van der Waals surface area contributed by atoms with Crippen LogP contribution in [0.25, 0.3) is 71.1 Å². The maximum atomic E-state index is 5.14. The predicted molar refractivity (Wildman–Crippen MR) is 166 cm³/mol. The van der Waals surface area contributed by atoms with Crippen molar-refractivity contribution in [2.24, 2.45) is 0 Å². The highest BCUT2D eigenvalue weighted by atomic mass is 32.1. The molecule has 0 atom stereocenters. The van der Waals surface area contributed by atoms with Crippen molar-refractivity contribution >= 4 is 42.5 Å². The summed E-state index contributed by atoms with van der Waals surface area (Å²) in [4.78, 5) is 15.2. The Bertz CT molecular complexity index is 2160. The normalized spacial score (nSPS) is 11.5. The molecule has 0 aliphatic carbocycles. The number of nitrogens with zero attached hydrogens (tertiary/aromatic N) is 4. The van der Waals surface area contributed by atoms with Crippen molar-refractivity contribution in [1.82, 2.24) is 19.5 Å². The fourth-order valence-electron chi connectivity index (χ4n) is 5.40. The van der Waals surface area contributed by atoms with Gasteiger partial charge in [-0.05, 0) is 29.3 Å². The molecule has 5 heteroatoms. The van der Waals surface area contributed by atoms with Gasteiger partial charge in [-0.1, -0.05) is 115 Å². The highest BCUT2D eigenvalue weighted by molar-refractivity contribution is 7.26. The number of thiophene rings is 1. The zero-order valence-electron chi connectivity index (χ0n) is 21.4. The first-order chi connectivity index (χ1) is 19.8. The van der Waals surface area contributed by atoms with Crippen LogP contribution in [-0.4, -0.2) is 19.5 Å². The molecular weight excluding hydrogens is 508 g/mol. The Balaban J connectivity index is 1.43. The summed E-state index contributed by atoms with van der Waals surface area (Å²) in [6, 6.07) is 46.0. The molecule has 4 nitrogen and oxygen atoms in total. The van der Waals surface area contributed by atoms with E-state index in [0.717, 1.165) is 33.3 Å². The van der Waals surface area contributed by atoms with Gasteiger partial charge in [0.1, 0.15) is 0 Å². The van der Waals surface area contributed by atoms with Crippen LogP contribution < -0.4 is 0 Å². The standard InChI is InChI=1S/C35H22N4S/c1-3-12-23(13-4-1)25-16-11-17-26(22-25)34-36-33(24-14-5-2-6-15-24)37-35(38-34)39-29-20-9-7-18-27(29)32-31(39)28-19-8-10-21-30(28)40-32/h1-22H. The molecular formula is C35H22N4S. The van der Waals surface area contributed by atoms with E-state index in [-0.39, 0.29) is 0 Å². The van der Waals surface area contributed by atoms with Gasteiger partial charge in [0, 0.05) is 26.6 Å². The molecule has 8 aromatic rings. The number of benzene rings is 5. The third kappa shape index (κ3) is 3.71. The van der Waals surface area contributed by atoms with Gasteiger partial charge in [0.25, 0.3) is 0 Å². The minimum atomic E-state index is 0.615. The molecule has 0 aliphatic heterocycles. The van der Waals surface area contributed by atoms with Crippen LogP contribution in [0.15, 0.2) is 133 Å². The quantitative estimate of drug-likeness (QED) is 0.228. The second-order valence-corrected chi connectivity index (χ2v) is 10.8. The molecule has 8 rings (SSSR count). The lowest BCUT2D eigenvalue weighted by atomic mass is 10.0. The largest absolute Gasteiger partial charge is 0.276 e. The van der Waals surface area contributed by atoms with E-state index in [4.69, 9.17) is 15.0 Å². The van der Waals surface area contributed by atoms with Gasteiger partial charge in [0.15, 0.2) is 11.6 Å². The summed E-state index contributed by atoms with van der Waals surface area (Å²) in [5.41, 5.74) is 6.41. The van der Waals surface area contributed by atoms with E-state index in [1.165, 1.54) is 20.2 Å². The first-order valence-electron chi connectivity index (χ1n) is 13.2. The van der Waals surface area contributed by atoms with Crippen molar-refractivity contribution < 1.29 is 0 Å². The smallest absolute Gasteiger partial charge is 0.238 e. The van der Waals surface area contributed by atoms with E-state index in [0.29, 0.717) is 17.6 Å². The SMILES string of the molecule is c1ccc(-c2cccc(-c3nc(-c4ccccc4)nc(-n4c5ccccc5c5sc6ccccc6c54)n3)c2)cc1. The Morgan fingerprint density at radius 3 is 1.88 bits per heavy atom. The molecule has 188 valence electrons. The van der Waals surface area contributed by atoms with Crippen molar-refractivity contribution in [2.45, 2.75) is 0 Å². The molecule has 0 bridgehead atoms. The van der Waals surface area contributed by atoms with Gasteiger partial charge in [0.2, 0.25) is 5.95 Å². The van der Waals surface area contributed by atoms with Crippen molar-refractivity contribution in [3.8, 4) is 39.9 Å². The highest BCUT2D eigenvalue weighted by Gasteiger charge is 2.21. The molecule has 3 aromatic heterocycles. The van der Waals surface area contributed by atoms with Crippen LogP contribution in [0, 0.1) is 0 Å². The lowest BCUT2D eigenvalue weighted by Gasteiger charge is -2.11. The third-order valence-electron chi connectivity index (χ3n) is 7.27. The van der Waals surface area contributed by atoms with E-state index in [1.807, 2.05) is 47.7 Å². The van der Waals surface area contributed by atoms with Crippen LogP contribution in [0.1, 0.15) is 0 Å². The minimum Gasteiger partial charge on any atom is -0.276 e. The van der Waals surface area contributed by atoms with Crippen molar-refractivity contribution in [3.63, 3.8) is 0 Å². The Morgan fingerprint density at radius 2 is 1.07 bits per heavy atom. The molecule has 0 saturated carbocycles. The Hall–Kier alpha value is -5.13. The van der Waals surface area contributed by atoms with E-state index >= 15 is 0 Å². The van der Waals surface area contributed by atoms with E-state index in [2.05, 4.69) is 102 Å². The fraction of sp³-hybridized carbons (Fsp3) is 0. The summed E-state index contributed by atoms with van der Waals surface area (Å²) in [5, 5.41) is 2.40. The summed E-state index contributed by atoms with van der Waals surface area (Å²) < 4.78 is 4.70. The summed E-state index contributed by atoms with van der Waals surface area (Å²) in [5.74, 6) is 1.91. The summed E-state index contributed by atoms with van der Waals surface area (Å²) in [6.07, 6.45) is 0. The van der Waals surface area contributed by atoms with E-state index < -0.39 is 0 Å². The van der Waals surface area contributed by atoms with Crippen LogP contribution in [-0.2, 0) is 0 Å². The Morgan fingerprint density at radius 1 is 0.475 bits per heavy atom. The van der Waals surface area contributed by atoms with E-state index in [9.17, 15) is 0 Å². The van der Waals surface area contributed by atoms with Crippen molar-refractivity contribution in [1.29, 1.82) is 0 Å². The first-order valence-corrected chi connectivity index (χ1v) is 14.0. The van der Waals surface area contributed by atoms with E-state index in [1.54, 1.807) is 0 Å². The summed E-state index contributed by atoms with van der Waals surface area (Å²) in [6.45, 7) is 0. The molecule has 0 saturated heterocycles. The minimum absolute atomic E-state index is 0.615. The molecule has 40 heavy (non-hydrogen) atoms. The molecule has 0 fully saturated rings. The molecule has 0 radical (unpaired) electrons. The molecule has 0 spiro atoms. The zero-order chi connectivity index (χ0) is 26.5. The average Bonchev–Trinajstić information content (AvgIpc) is 3.57. The second-order valence-electron chi connectivity index (χ2n) is 9.72. The maximum Gasteiger partial charge on any atom is 0.238 e. The fourth-order valence-corrected chi connectivity index (χ4v) is 6.63. The van der Waals surface area contributed by atoms with Crippen LogP contribution in [0.4, 0.5) is 0 Å². The molecule has 5 aromatic carbocycles. The van der Waals surface area contributed by atoms with Gasteiger partial charge < -0.3 is 0 Å². The number of fused-ring (bicyclic) bond motifs is 5. The molecule has 3 heterocycles. The zero-order valence-corrected chi connectivity index (χ0v) is 22.2. The van der Waals surface area contributed by atoms with Gasteiger partial charge in [-0.3, -0.25) is 4.57 Å². The number of hydrogen-bond donors (Lipinski definition) is 0. The summed E-state index contributed by atoms with van der Waals surface area (Å²) >= 11 is 1.82. The van der Waals surface area contributed by atoms with Gasteiger partial charge in [0.05, 0.1) is 15.7 Å². The first kappa shape index (κ1) is 22.8. The lowest BCUT2D eigenvalue weighted by molar-refractivity contribution is 0.955. The number of aromatic nitrogens is 4. The van der Waals surface area contributed by atoms with Crippen LogP contribution in [0.3, 0.4) is 0 Å². The number of hydrogen-bond acceptors (Lipinski definition) is 4. The molecule has 0 aliphatic rings. The average molecular weight is 531 g/mol. The van der Waals surface area contributed by atoms with Crippen LogP contribution in [0.2, 0.25) is 0 Å². The summed E-state index contributed by atoms with van der Waals surface area (Å²) in [7, 11) is 0. The van der Waals surface area contributed by atoms with Crippen LogP contribution in [0.5, 0.6) is 0 Å². The number of para-hydroxylation sites is 1. The van der Waals surface area contributed by atoms with Gasteiger partial charge in [-0.25, -0.2) is 4.98 Å². The van der Waals surface area contributed by atoms with Gasteiger partial charge in [-0.2, -0.15) is 9.97 Å². The van der Waals surface area contributed by atoms with Gasteiger partial charge >= 0.3 is 0 Å². The molecule has 0 N–H and O–H groups in total. The number of rotatable bonds is 4. The van der Waals surface area contributed by atoms with Gasteiger partial charge in [-0.15, -0.1) is 11.3 Å². The molecule has 0 amide bonds. The van der Waals surface area contributed by atoms with Crippen molar-refractivity contribution in [2.75, 3.05) is 0 Å². The highest BCUT2D eigenvalue weighted by Crippen LogP contribution is 2.42. The Kier molecular flexibility index (Phi) is 5.28. The molecule has 0 unspecified atom stereocenters. The topological polar surface area (TPSA) is 43.6 Å². The second kappa shape index (κ2) is 9.26. The predicted octanol–water partition coefficient (Wildman–Crippen LogP) is 9.18. The monoisotopic (exact) mass is 530 g/mol. The van der Waals surface area contributed by atoms with Crippen LogP contribution >= 0.6 is 11.3 Å².